The van der Waals surface area contributed by atoms with Crippen molar-refractivity contribution in [2.45, 2.75) is 19.8 Å². The van der Waals surface area contributed by atoms with Gasteiger partial charge in [-0.3, -0.25) is 0 Å². The summed E-state index contributed by atoms with van der Waals surface area (Å²) in [6.45, 7) is 3.91. The van der Waals surface area contributed by atoms with Crippen molar-refractivity contribution in [3.05, 3.63) is 59.2 Å². The molecule has 3 rings (SSSR count). The van der Waals surface area contributed by atoms with Crippen LogP contribution in [0.25, 0.3) is 5.78 Å². The maximum atomic E-state index is 9.58. The molecule has 0 aliphatic heterocycles. The summed E-state index contributed by atoms with van der Waals surface area (Å²) in [6, 6.07) is 12.2. The molecule has 0 spiro atoms. The summed E-state index contributed by atoms with van der Waals surface area (Å²) < 4.78 is 1.63. The average Bonchev–Trinajstić information content (AvgIpc) is 2.87. The van der Waals surface area contributed by atoms with E-state index in [2.05, 4.69) is 21.1 Å². The van der Waals surface area contributed by atoms with Gasteiger partial charge in [0.1, 0.15) is 12.2 Å². The van der Waals surface area contributed by atoms with Gasteiger partial charge in [-0.1, -0.05) is 29.8 Å². The van der Waals surface area contributed by atoms with E-state index in [-0.39, 0.29) is 5.92 Å². The molecule has 0 fully saturated rings. The van der Waals surface area contributed by atoms with Gasteiger partial charge in [0.05, 0.1) is 11.8 Å². The maximum Gasteiger partial charge on any atom is 0.252 e. The van der Waals surface area contributed by atoms with Crippen LogP contribution >= 0.6 is 0 Å². The molecule has 2 aromatic heterocycles. The summed E-state index contributed by atoms with van der Waals surface area (Å²) in [5.41, 5.74) is 3.70. The number of fused-ring (bicyclic) bond motifs is 1. The van der Waals surface area contributed by atoms with Gasteiger partial charge in [0.25, 0.3) is 5.78 Å². The van der Waals surface area contributed by atoms with Crippen LogP contribution in [0.5, 0.6) is 0 Å². The molecular formula is C15H13N5. The van der Waals surface area contributed by atoms with Crippen molar-refractivity contribution in [2.75, 3.05) is 0 Å². The van der Waals surface area contributed by atoms with Crippen LogP contribution in [0.4, 0.5) is 0 Å². The third kappa shape index (κ3) is 2.01. The van der Waals surface area contributed by atoms with Crippen molar-refractivity contribution < 1.29 is 0 Å². The largest absolute Gasteiger partial charge is 0.252 e. The standard InChI is InChI=1S/C15H13N5/c1-10-4-3-5-12(6-10)13(8-16)14-7-11(2)19-15-17-9-18-20(14)15/h3-7,9,13H,1-2H3. The fourth-order valence-corrected chi connectivity index (χ4v) is 2.33. The van der Waals surface area contributed by atoms with E-state index in [9.17, 15) is 5.26 Å². The Hall–Kier alpha value is -2.74. The molecule has 5 heteroatoms. The lowest BCUT2D eigenvalue weighted by Gasteiger charge is -2.12. The smallest absolute Gasteiger partial charge is 0.216 e. The minimum Gasteiger partial charge on any atom is -0.216 e. The molecule has 0 saturated carbocycles. The Morgan fingerprint density at radius 2 is 2.10 bits per heavy atom. The first kappa shape index (κ1) is 12.3. The van der Waals surface area contributed by atoms with Gasteiger partial charge in [-0.05, 0) is 25.5 Å². The second-order valence-electron chi connectivity index (χ2n) is 4.77. The van der Waals surface area contributed by atoms with Crippen LogP contribution in [0.15, 0.2) is 36.7 Å². The van der Waals surface area contributed by atoms with Crippen molar-refractivity contribution in [1.82, 2.24) is 19.6 Å². The number of benzene rings is 1. The SMILES string of the molecule is Cc1cccc(C(C#N)c2cc(C)nc3ncnn23)c1. The molecule has 1 unspecified atom stereocenters. The van der Waals surface area contributed by atoms with E-state index >= 15 is 0 Å². The number of rotatable bonds is 2. The third-order valence-corrected chi connectivity index (χ3v) is 3.21. The maximum absolute atomic E-state index is 9.58. The first-order valence-corrected chi connectivity index (χ1v) is 6.32. The molecule has 0 aliphatic rings. The zero-order chi connectivity index (χ0) is 14.1. The predicted octanol–water partition coefficient (Wildman–Crippen LogP) is 2.40. The highest BCUT2D eigenvalue weighted by molar-refractivity contribution is 5.41. The molecule has 3 aromatic rings. The zero-order valence-corrected chi connectivity index (χ0v) is 11.3. The van der Waals surface area contributed by atoms with Gasteiger partial charge < -0.3 is 0 Å². The van der Waals surface area contributed by atoms with E-state index in [0.29, 0.717) is 5.78 Å². The van der Waals surface area contributed by atoms with E-state index in [4.69, 9.17) is 0 Å². The molecule has 0 N–H and O–H groups in total. The fourth-order valence-electron chi connectivity index (χ4n) is 2.33. The molecule has 1 aromatic carbocycles. The Morgan fingerprint density at radius 3 is 2.85 bits per heavy atom. The first-order chi connectivity index (χ1) is 9.69. The van der Waals surface area contributed by atoms with E-state index in [1.54, 1.807) is 4.52 Å². The van der Waals surface area contributed by atoms with Crippen molar-refractivity contribution >= 4 is 5.78 Å². The van der Waals surface area contributed by atoms with Gasteiger partial charge in [-0.2, -0.15) is 19.9 Å². The Labute approximate surface area is 116 Å². The van der Waals surface area contributed by atoms with Crippen LogP contribution in [-0.2, 0) is 0 Å². The summed E-state index contributed by atoms with van der Waals surface area (Å²) in [6.07, 6.45) is 1.45. The lowest BCUT2D eigenvalue weighted by molar-refractivity contribution is 0.818. The molecule has 20 heavy (non-hydrogen) atoms. The Balaban J connectivity index is 2.22. The first-order valence-electron chi connectivity index (χ1n) is 6.32. The summed E-state index contributed by atoms with van der Waals surface area (Å²) in [5.74, 6) is 0.133. The van der Waals surface area contributed by atoms with Crippen molar-refractivity contribution in [2.24, 2.45) is 0 Å². The van der Waals surface area contributed by atoms with Crippen molar-refractivity contribution in [3.8, 4) is 6.07 Å². The van der Waals surface area contributed by atoms with E-state index in [1.165, 1.54) is 6.33 Å². The molecule has 0 radical (unpaired) electrons. The Kier molecular flexibility index (Phi) is 2.92. The molecule has 1 atom stereocenters. The van der Waals surface area contributed by atoms with Gasteiger partial charge in [0.2, 0.25) is 0 Å². The highest BCUT2D eigenvalue weighted by Crippen LogP contribution is 2.25. The second-order valence-corrected chi connectivity index (χ2v) is 4.77. The predicted molar refractivity (Wildman–Crippen MR) is 74.2 cm³/mol. The van der Waals surface area contributed by atoms with Gasteiger partial charge >= 0.3 is 0 Å². The van der Waals surface area contributed by atoms with Crippen LogP contribution in [-0.4, -0.2) is 19.6 Å². The summed E-state index contributed by atoms with van der Waals surface area (Å²) >= 11 is 0. The normalized spacial score (nSPS) is 12.2. The summed E-state index contributed by atoms with van der Waals surface area (Å²) in [7, 11) is 0. The highest BCUT2D eigenvalue weighted by Gasteiger charge is 2.18. The summed E-state index contributed by atoms with van der Waals surface area (Å²) in [4.78, 5) is 8.40. The lowest BCUT2D eigenvalue weighted by atomic mass is 9.95. The van der Waals surface area contributed by atoms with Crippen LogP contribution in [0, 0.1) is 25.2 Å². The fraction of sp³-hybridized carbons (Fsp3) is 0.200. The minimum absolute atomic E-state index is 0.388. The molecule has 0 aliphatic carbocycles. The van der Waals surface area contributed by atoms with E-state index in [1.807, 2.05) is 44.2 Å². The molecule has 0 bridgehead atoms. The van der Waals surface area contributed by atoms with E-state index in [0.717, 1.165) is 22.5 Å². The van der Waals surface area contributed by atoms with Gasteiger partial charge in [0, 0.05) is 5.69 Å². The molecule has 98 valence electrons. The van der Waals surface area contributed by atoms with Crippen molar-refractivity contribution in [3.63, 3.8) is 0 Å². The molecular weight excluding hydrogens is 250 g/mol. The monoisotopic (exact) mass is 263 g/mol. The zero-order valence-electron chi connectivity index (χ0n) is 11.3. The third-order valence-electron chi connectivity index (χ3n) is 3.21. The van der Waals surface area contributed by atoms with E-state index < -0.39 is 0 Å². The number of nitrogens with zero attached hydrogens (tertiary/aromatic N) is 5. The van der Waals surface area contributed by atoms with Crippen LogP contribution < -0.4 is 0 Å². The molecule has 5 nitrogen and oxygen atoms in total. The number of aromatic nitrogens is 4. The molecule has 0 saturated heterocycles. The average molecular weight is 263 g/mol. The Morgan fingerprint density at radius 1 is 1.25 bits per heavy atom. The Bertz CT molecular complexity index is 812. The highest BCUT2D eigenvalue weighted by atomic mass is 15.3. The van der Waals surface area contributed by atoms with Crippen LogP contribution in [0.2, 0.25) is 0 Å². The van der Waals surface area contributed by atoms with Crippen LogP contribution in [0.3, 0.4) is 0 Å². The van der Waals surface area contributed by atoms with Crippen molar-refractivity contribution in [1.29, 1.82) is 5.26 Å². The second kappa shape index (κ2) is 4.74. The molecule has 2 heterocycles. The summed E-state index contributed by atoms with van der Waals surface area (Å²) in [5, 5.41) is 13.7. The van der Waals surface area contributed by atoms with Crippen LogP contribution in [0.1, 0.15) is 28.4 Å². The van der Waals surface area contributed by atoms with Gasteiger partial charge in [-0.15, -0.1) is 0 Å². The number of aryl methyl sites for hydroxylation is 2. The quantitative estimate of drug-likeness (QED) is 0.712. The lowest BCUT2D eigenvalue weighted by Crippen LogP contribution is -2.08. The number of nitriles is 1. The van der Waals surface area contributed by atoms with Gasteiger partial charge in [-0.25, -0.2) is 4.98 Å². The minimum atomic E-state index is -0.388. The molecule has 0 amide bonds. The number of hydrogen-bond donors (Lipinski definition) is 0. The topological polar surface area (TPSA) is 66.9 Å². The van der Waals surface area contributed by atoms with Gasteiger partial charge in [0.15, 0.2) is 0 Å². The number of hydrogen-bond acceptors (Lipinski definition) is 4.